The molecule has 0 unspecified atom stereocenters. The first-order chi connectivity index (χ1) is 41.3. The molecule has 4 aromatic carbocycles. The third-order valence-electron chi connectivity index (χ3n) is 13.3. The Bertz CT molecular complexity index is 3010. The number of aliphatic hydroxyl groups excluding tert-OH is 1. The molecule has 6 aromatic rings. The van der Waals surface area contributed by atoms with E-state index in [-0.39, 0.29) is 45.2 Å². The second-order valence-corrected chi connectivity index (χ2v) is 23.6. The van der Waals surface area contributed by atoms with Crippen LogP contribution in [0.25, 0.3) is 0 Å². The van der Waals surface area contributed by atoms with Crippen molar-refractivity contribution in [3.8, 4) is 11.6 Å². The number of hydrogen-bond donors (Lipinski definition) is 3. The second-order valence-electron chi connectivity index (χ2n) is 19.2. The number of benzene rings is 4. The number of aryl methyl sites for hydroxylation is 1. The quantitative estimate of drug-likeness (QED) is 0.0637. The van der Waals surface area contributed by atoms with Gasteiger partial charge in [0.15, 0.2) is 5.75 Å². The van der Waals surface area contributed by atoms with Gasteiger partial charge in [-0.05, 0) is 111 Å². The molecule has 0 saturated carbocycles. The number of aromatic nitrogens is 2. The minimum atomic E-state index is -0.258. The molecule has 2 aromatic heterocycles. The van der Waals surface area contributed by atoms with Crippen LogP contribution in [0.1, 0.15) is 34.3 Å². The highest BCUT2D eigenvalue weighted by molar-refractivity contribution is 9.10. The van der Waals surface area contributed by atoms with E-state index in [1.807, 2.05) is 78.6 Å². The van der Waals surface area contributed by atoms with Crippen LogP contribution in [0.4, 0.5) is 22.7 Å². The van der Waals surface area contributed by atoms with Gasteiger partial charge >= 0.3 is 11.9 Å². The Morgan fingerprint density at radius 1 is 0.511 bits per heavy atom. The average molecular weight is 1510 g/mol. The second kappa shape index (κ2) is 42.2. The number of aromatic hydroxyl groups is 1. The number of esters is 2. The normalized spacial score (nSPS) is 15.0. The van der Waals surface area contributed by atoms with Crippen LogP contribution in [-0.2, 0) is 19.1 Å². The average Bonchev–Trinajstić information content (AvgIpc) is 3.67. The van der Waals surface area contributed by atoms with Gasteiger partial charge in [-0.15, -0.1) is 0 Å². The molecule has 10 rings (SSSR count). The standard InChI is InChI=1S/C16H17Cl2N3O2.C13H16Cl2N2O2.C11H14Cl2N2O.C10H12Cl2N2.C6H6BrN.C3H5BrO2.2CH4/c17-12-3-1-4-13(15(12)18)21-9-7-20(8-10-21)11-23-16-14(22)5-2-6-19-16;1-10(18)19-9-16-5-7-17(8-6-16)12-4-2-3-11(14)13(12)15;12-9-2-1-3-10(11(9)13)15-6-4-14(8-16)5-7-15;11-8-2-1-3-9(10(8)12)14-6-4-13-5-7-14;1-5-3-2-4-8-6(5)7;1-3(5)6-2-4;;/h1-6,22H,7-11H2;2-4H,5-9H2,1H3;1-3,16H,4-8H2;1-3,13H,4-7H2;2-4H,1H3;2H2,1H3;2*1H4. The van der Waals surface area contributed by atoms with Crippen LogP contribution in [0.15, 0.2) is 114 Å². The van der Waals surface area contributed by atoms with Crippen molar-refractivity contribution in [2.24, 2.45) is 0 Å². The Labute approximate surface area is 575 Å². The van der Waals surface area contributed by atoms with Crippen LogP contribution >= 0.6 is 125 Å². The number of pyridine rings is 2. The molecule has 4 aliphatic rings. The number of ether oxygens (including phenoxy) is 3. The van der Waals surface area contributed by atoms with E-state index in [9.17, 15) is 14.7 Å². The molecule has 3 N–H and O–H groups in total. The molecule has 0 aliphatic carbocycles. The number of alkyl halides is 1. The summed E-state index contributed by atoms with van der Waals surface area (Å²) in [4.78, 5) is 43.7. The lowest BCUT2D eigenvalue weighted by atomic mass is 10.2. The molecule has 17 nitrogen and oxygen atoms in total. The van der Waals surface area contributed by atoms with Gasteiger partial charge in [0.1, 0.15) is 23.6 Å². The lowest BCUT2D eigenvalue weighted by molar-refractivity contribution is -0.146. The Hall–Kier alpha value is -4.00. The van der Waals surface area contributed by atoms with Crippen molar-refractivity contribution < 1.29 is 34.0 Å². The Balaban J connectivity index is 0.000000287. The lowest BCUT2D eigenvalue weighted by Crippen LogP contribution is -2.47. The van der Waals surface area contributed by atoms with Crippen molar-refractivity contribution in [1.82, 2.24) is 30.0 Å². The van der Waals surface area contributed by atoms with Crippen molar-refractivity contribution in [1.29, 1.82) is 0 Å². The van der Waals surface area contributed by atoms with Crippen molar-refractivity contribution >= 4 is 159 Å². The highest BCUT2D eigenvalue weighted by atomic mass is 79.9. The molecule has 27 heteroatoms. The molecule has 6 heterocycles. The van der Waals surface area contributed by atoms with Crippen LogP contribution in [0.5, 0.6) is 11.6 Å². The Morgan fingerprint density at radius 2 is 0.875 bits per heavy atom. The lowest BCUT2D eigenvalue weighted by Gasteiger charge is -2.36. The van der Waals surface area contributed by atoms with Crippen LogP contribution in [0, 0.1) is 6.92 Å². The Morgan fingerprint density at radius 3 is 1.20 bits per heavy atom. The summed E-state index contributed by atoms with van der Waals surface area (Å²) in [6, 6.07) is 29.9. The maximum atomic E-state index is 10.8. The van der Waals surface area contributed by atoms with Crippen LogP contribution in [-0.4, -0.2) is 177 Å². The van der Waals surface area contributed by atoms with Crippen molar-refractivity contribution in [2.45, 2.75) is 35.6 Å². The third kappa shape index (κ3) is 26.3. The summed E-state index contributed by atoms with van der Waals surface area (Å²) in [5.41, 5.74) is 5.41. The topological polar surface area (TPSA) is 163 Å². The van der Waals surface area contributed by atoms with Gasteiger partial charge in [0.05, 0.1) is 69.7 Å². The highest BCUT2D eigenvalue weighted by Crippen LogP contribution is 2.36. The third-order valence-corrected chi connectivity index (χ3v) is 17.6. The van der Waals surface area contributed by atoms with Gasteiger partial charge in [-0.1, -0.05) is 138 Å². The molecular weight excluding hydrogens is 1430 g/mol. The summed E-state index contributed by atoms with van der Waals surface area (Å²) < 4.78 is 15.8. The largest absolute Gasteiger partial charge is 0.503 e. The first kappa shape index (κ1) is 78.2. The van der Waals surface area contributed by atoms with Gasteiger partial charge in [0.25, 0.3) is 5.88 Å². The van der Waals surface area contributed by atoms with E-state index in [1.54, 1.807) is 42.7 Å². The highest BCUT2D eigenvalue weighted by Gasteiger charge is 2.23. The molecular formula is C61H78Br2Cl8N10O7. The number of nitrogens with one attached hydrogen (secondary N) is 1. The molecule has 0 spiro atoms. The van der Waals surface area contributed by atoms with Gasteiger partial charge in [-0.25, -0.2) is 9.97 Å². The maximum absolute atomic E-state index is 10.8. The van der Waals surface area contributed by atoms with Gasteiger partial charge in [-0.3, -0.25) is 24.3 Å². The zero-order valence-electron chi connectivity index (χ0n) is 47.8. The molecule has 88 heavy (non-hydrogen) atoms. The van der Waals surface area contributed by atoms with E-state index < -0.39 is 0 Å². The minimum absolute atomic E-state index is 0. The van der Waals surface area contributed by atoms with E-state index >= 15 is 0 Å². The summed E-state index contributed by atoms with van der Waals surface area (Å²) in [7, 11) is 0. The molecule has 0 bridgehead atoms. The molecule has 4 fully saturated rings. The fourth-order valence-corrected chi connectivity index (χ4v) is 10.8. The molecule has 0 amide bonds. The summed E-state index contributed by atoms with van der Waals surface area (Å²) >= 11 is 55.0. The summed E-state index contributed by atoms with van der Waals surface area (Å²) in [6.45, 7) is 19.7. The zero-order chi connectivity index (χ0) is 62.5. The predicted octanol–water partition coefficient (Wildman–Crippen LogP) is 14.7. The van der Waals surface area contributed by atoms with Crippen LogP contribution in [0.3, 0.4) is 0 Å². The number of nitrogens with zero attached hydrogens (tertiary/aromatic N) is 9. The van der Waals surface area contributed by atoms with E-state index in [2.05, 4.69) is 81.3 Å². The minimum Gasteiger partial charge on any atom is -0.503 e. The molecule has 484 valence electrons. The first-order valence-electron chi connectivity index (χ1n) is 27.2. The number of halogens is 10. The molecule has 4 saturated heterocycles. The summed E-state index contributed by atoms with van der Waals surface area (Å²) in [5.74, 6) is -0.197. The number of carbonyl (C=O) groups excluding carboxylic acids is 2. The van der Waals surface area contributed by atoms with Gasteiger partial charge in [0.2, 0.25) is 0 Å². The van der Waals surface area contributed by atoms with Crippen molar-refractivity contribution in [2.75, 3.05) is 150 Å². The monoisotopic (exact) mass is 1500 g/mol. The smallest absolute Gasteiger partial charge is 0.303 e. The van der Waals surface area contributed by atoms with Crippen molar-refractivity contribution in [3.05, 3.63) is 160 Å². The van der Waals surface area contributed by atoms with E-state index in [0.29, 0.717) is 59.2 Å². The molecule has 0 atom stereocenters. The van der Waals surface area contributed by atoms with Crippen molar-refractivity contribution in [3.63, 3.8) is 0 Å². The number of hydrogen-bond acceptors (Lipinski definition) is 17. The molecule has 4 aliphatic heterocycles. The van der Waals surface area contributed by atoms with Gasteiger partial charge in [-0.2, -0.15) is 0 Å². The van der Waals surface area contributed by atoms with E-state index in [4.69, 9.17) is 107 Å². The SMILES string of the molecule is C.C.CC(=O)OCBr.CC(=O)OCN1CCN(c2cccc(Cl)c2Cl)CC1.Cc1cccnc1Br.Clc1cccc(N2CCNCC2)c1Cl.OCN1CCN(c2cccc(Cl)c2Cl)CC1.Oc1cccnc1OCN1CCN(c2cccc(Cl)c2Cl)CC1. The summed E-state index contributed by atoms with van der Waals surface area (Å²) in [6.07, 6.45) is 3.35. The van der Waals surface area contributed by atoms with Gasteiger partial charge in [0, 0.05) is 131 Å². The number of anilines is 4. The first-order valence-corrected chi connectivity index (χ1v) is 32.2. The maximum Gasteiger partial charge on any atom is 0.303 e. The molecule has 0 radical (unpaired) electrons. The number of carbonyl (C=O) groups is 2. The number of rotatable bonds is 11. The fourth-order valence-electron chi connectivity index (χ4n) is 8.59. The number of piperazine rings is 4. The van der Waals surface area contributed by atoms with E-state index in [1.165, 1.54) is 19.4 Å². The Kier molecular flexibility index (Phi) is 37.5. The zero-order valence-corrected chi connectivity index (χ0v) is 57.0. The fraction of sp³-hybridized carbons (Fsp3) is 0.410. The summed E-state index contributed by atoms with van der Waals surface area (Å²) in [5, 5.41) is 26.8. The predicted molar refractivity (Wildman–Crippen MR) is 373 cm³/mol. The van der Waals surface area contributed by atoms with Gasteiger partial charge < -0.3 is 49.3 Å². The van der Waals surface area contributed by atoms with Crippen LogP contribution < -0.4 is 29.7 Å². The van der Waals surface area contributed by atoms with Crippen LogP contribution in [0.2, 0.25) is 40.2 Å². The van der Waals surface area contributed by atoms with E-state index in [0.717, 1.165) is 132 Å². The number of aliphatic hydroxyl groups is 1.